The number of nitrogens with zero attached hydrogens (tertiary/aromatic N) is 1. The van der Waals surface area contributed by atoms with Crippen LogP contribution in [0.15, 0.2) is 0 Å². The number of carbonyl (C=O) groups is 1. The topological polar surface area (TPSA) is 49.8 Å². The van der Waals surface area contributed by atoms with E-state index in [1.54, 1.807) is 14.2 Å². The van der Waals surface area contributed by atoms with E-state index in [0.29, 0.717) is 11.8 Å². The molecule has 4 heteroatoms. The average Bonchev–Trinajstić information content (AvgIpc) is 2.37. The molecule has 2 fully saturated rings. The maximum atomic E-state index is 12.5. The van der Waals surface area contributed by atoms with Crippen molar-refractivity contribution in [3.05, 3.63) is 0 Å². The van der Waals surface area contributed by atoms with Crippen LogP contribution < -0.4 is 0 Å². The van der Waals surface area contributed by atoms with Crippen LogP contribution >= 0.6 is 0 Å². The molecular weight excluding hydrogens is 230 g/mol. The second-order valence-corrected chi connectivity index (χ2v) is 6.05. The Hall–Kier alpha value is -0.610. The number of hydrogen-bond donors (Lipinski definition) is 1. The highest BCUT2D eigenvalue weighted by atomic mass is 16.7. The van der Waals surface area contributed by atoms with Crippen molar-refractivity contribution in [2.75, 3.05) is 20.8 Å². The molecule has 2 bridgehead atoms. The highest BCUT2D eigenvalue weighted by Crippen LogP contribution is 2.52. The Labute approximate surface area is 109 Å². The fraction of sp³-hybridized carbons (Fsp3) is 0.929. The largest absolute Gasteiger partial charge is 0.396 e. The summed E-state index contributed by atoms with van der Waals surface area (Å²) in [6.07, 6.45) is 7.35. The van der Waals surface area contributed by atoms with Gasteiger partial charge in [0.2, 0.25) is 0 Å². The summed E-state index contributed by atoms with van der Waals surface area (Å²) in [5, 5.41) is 10.5. The standard InChI is InChI=1S/C14H25NO3/c1-15(18-2)13(17)14-6-3-4-11(9-14)8-12(10-14)5-7-16/h11-12,16H,3-10H2,1-2H3. The quantitative estimate of drug-likeness (QED) is 0.781. The van der Waals surface area contributed by atoms with Crippen molar-refractivity contribution in [2.45, 2.75) is 44.9 Å². The first-order valence-corrected chi connectivity index (χ1v) is 7.04. The van der Waals surface area contributed by atoms with Gasteiger partial charge in [-0.1, -0.05) is 12.8 Å². The third-order valence-electron chi connectivity index (χ3n) is 4.84. The first-order valence-electron chi connectivity index (χ1n) is 7.04. The summed E-state index contributed by atoms with van der Waals surface area (Å²) in [5.74, 6) is 1.30. The molecule has 1 N–H and O–H groups in total. The molecule has 0 spiro atoms. The van der Waals surface area contributed by atoms with Crippen LogP contribution in [0.1, 0.15) is 44.9 Å². The Morgan fingerprint density at radius 1 is 1.50 bits per heavy atom. The summed E-state index contributed by atoms with van der Waals surface area (Å²) in [6.45, 7) is 0.238. The molecule has 0 heterocycles. The molecule has 0 aromatic rings. The zero-order chi connectivity index (χ0) is 13.2. The van der Waals surface area contributed by atoms with E-state index in [1.807, 2.05) is 0 Å². The Morgan fingerprint density at radius 2 is 2.28 bits per heavy atom. The van der Waals surface area contributed by atoms with Gasteiger partial charge in [-0.15, -0.1) is 0 Å². The molecule has 3 atom stereocenters. The molecule has 2 aliphatic carbocycles. The Morgan fingerprint density at radius 3 is 2.94 bits per heavy atom. The SMILES string of the molecule is CON(C)C(=O)C12CCCC(CC(CCO)C1)C2. The van der Waals surface area contributed by atoms with E-state index in [-0.39, 0.29) is 17.9 Å². The first kappa shape index (κ1) is 13.8. The van der Waals surface area contributed by atoms with Crippen molar-refractivity contribution in [1.29, 1.82) is 0 Å². The fourth-order valence-corrected chi connectivity index (χ4v) is 4.08. The van der Waals surface area contributed by atoms with Crippen LogP contribution in [-0.4, -0.2) is 36.8 Å². The van der Waals surface area contributed by atoms with Crippen LogP contribution in [0.5, 0.6) is 0 Å². The Balaban J connectivity index is 2.14. The lowest BCUT2D eigenvalue weighted by molar-refractivity contribution is -0.187. The van der Waals surface area contributed by atoms with Gasteiger partial charge in [-0.3, -0.25) is 9.63 Å². The molecule has 104 valence electrons. The van der Waals surface area contributed by atoms with Crippen molar-refractivity contribution in [3.8, 4) is 0 Å². The number of amides is 1. The first-order chi connectivity index (χ1) is 8.61. The summed E-state index contributed by atoms with van der Waals surface area (Å²) in [7, 11) is 3.25. The number of aliphatic hydroxyl groups excluding tert-OH is 1. The Bertz CT molecular complexity index is 307. The van der Waals surface area contributed by atoms with Gasteiger partial charge >= 0.3 is 0 Å². The predicted octanol–water partition coefficient (Wildman–Crippen LogP) is 1.98. The molecule has 1 amide bonds. The maximum Gasteiger partial charge on any atom is 0.252 e. The summed E-state index contributed by atoms with van der Waals surface area (Å²) < 4.78 is 0. The average molecular weight is 255 g/mol. The van der Waals surface area contributed by atoms with E-state index in [1.165, 1.54) is 17.9 Å². The monoisotopic (exact) mass is 255 g/mol. The molecule has 0 aromatic heterocycles. The van der Waals surface area contributed by atoms with Crippen molar-refractivity contribution in [2.24, 2.45) is 17.3 Å². The minimum atomic E-state index is -0.217. The highest BCUT2D eigenvalue weighted by molar-refractivity contribution is 5.82. The van der Waals surface area contributed by atoms with E-state index in [9.17, 15) is 4.79 Å². The van der Waals surface area contributed by atoms with Crippen LogP contribution in [0, 0.1) is 17.3 Å². The lowest BCUT2D eigenvalue weighted by Gasteiger charge is -2.48. The number of fused-ring (bicyclic) bond motifs is 2. The van der Waals surface area contributed by atoms with Crippen molar-refractivity contribution >= 4 is 5.91 Å². The van der Waals surface area contributed by atoms with Crippen LogP contribution in [0.2, 0.25) is 0 Å². The summed E-state index contributed by atoms with van der Waals surface area (Å²) in [6, 6.07) is 0. The molecule has 0 aromatic carbocycles. The third-order valence-corrected chi connectivity index (χ3v) is 4.84. The zero-order valence-electron chi connectivity index (χ0n) is 11.5. The number of hydroxylamine groups is 2. The Kier molecular flexibility index (Phi) is 4.28. The lowest BCUT2D eigenvalue weighted by atomic mass is 9.58. The summed E-state index contributed by atoms with van der Waals surface area (Å²) in [4.78, 5) is 17.6. The second-order valence-electron chi connectivity index (χ2n) is 6.05. The van der Waals surface area contributed by atoms with Gasteiger partial charge in [0, 0.05) is 13.7 Å². The van der Waals surface area contributed by atoms with E-state index in [4.69, 9.17) is 9.94 Å². The van der Waals surface area contributed by atoms with E-state index < -0.39 is 0 Å². The van der Waals surface area contributed by atoms with Crippen molar-refractivity contribution in [1.82, 2.24) is 5.06 Å². The normalized spacial score (nSPS) is 35.3. The maximum absolute atomic E-state index is 12.5. The highest BCUT2D eigenvalue weighted by Gasteiger charge is 2.49. The second kappa shape index (κ2) is 5.57. The number of hydrogen-bond acceptors (Lipinski definition) is 3. The molecule has 4 nitrogen and oxygen atoms in total. The van der Waals surface area contributed by atoms with Gasteiger partial charge in [-0.2, -0.15) is 0 Å². The van der Waals surface area contributed by atoms with Crippen LogP contribution in [-0.2, 0) is 9.63 Å². The van der Waals surface area contributed by atoms with Crippen LogP contribution in [0.3, 0.4) is 0 Å². The summed E-state index contributed by atoms with van der Waals surface area (Å²) >= 11 is 0. The van der Waals surface area contributed by atoms with Gasteiger partial charge in [-0.25, -0.2) is 5.06 Å². The van der Waals surface area contributed by atoms with Gasteiger partial charge in [0.05, 0.1) is 12.5 Å². The number of aliphatic hydroxyl groups is 1. The predicted molar refractivity (Wildman–Crippen MR) is 68.6 cm³/mol. The molecule has 3 unspecified atom stereocenters. The molecule has 0 radical (unpaired) electrons. The van der Waals surface area contributed by atoms with Gasteiger partial charge in [0.1, 0.15) is 0 Å². The fourth-order valence-electron chi connectivity index (χ4n) is 4.08. The molecule has 2 saturated carbocycles. The molecule has 0 saturated heterocycles. The van der Waals surface area contributed by atoms with E-state index >= 15 is 0 Å². The van der Waals surface area contributed by atoms with Crippen LogP contribution in [0.4, 0.5) is 0 Å². The number of rotatable bonds is 4. The van der Waals surface area contributed by atoms with Crippen molar-refractivity contribution in [3.63, 3.8) is 0 Å². The number of carbonyl (C=O) groups excluding carboxylic acids is 1. The van der Waals surface area contributed by atoms with Gasteiger partial charge in [0.25, 0.3) is 5.91 Å². The molecule has 0 aliphatic heterocycles. The molecule has 2 aliphatic rings. The molecule has 2 rings (SSSR count). The van der Waals surface area contributed by atoms with Gasteiger partial charge in [0.15, 0.2) is 0 Å². The van der Waals surface area contributed by atoms with Crippen molar-refractivity contribution < 1.29 is 14.7 Å². The van der Waals surface area contributed by atoms with E-state index in [0.717, 1.165) is 32.1 Å². The zero-order valence-corrected chi connectivity index (χ0v) is 11.5. The van der Waals surface area contributed by atoms with Crippen LogP contribution in [0.25, 0.3) is 0 Å². The minimum Gasteiger partial charge on any atom is -0.396 e. The van der Waals surface area contributed by atoms with Gasteiger partial charge < -0.3 is 5.11 Å². The third kappa shape index (κ3) is 2.54. The van der Waals surface area contributed by atoms with Gasteiger partial charge in [-0.05, 0) is 43.9 Å². The summed E-state index contributed by atoms with van der Waals surface area (Å²) in [5.41, 5.74) is -0.217. The molecule has 18 heavy (non-hydrogen) atoms. The van der Waals surface area contributed by atoms with E-state index in [2.05, 4.69) is 0 Å². The lowest BCUT2D eigenvalue weighted by Crippen LogP contribution is -2.48. The smallest absolute Gasteiger partial charge is 0.252 e. The minimum absolute atomic E-state index is 0.136. The molecular formula is C14H25NO3.